The molecule has 0 aromatic carbocycles. The third-order valence-corrected chi connectivity index (χ3v) is 3.11. The van der Waals surface area contributed by atoms with Gasteiger partial charge in [0.25, 0.3) is 0 Å². The number of nitrogens with two attached hydrogens (primary N) is 1. The van der Waals surface area contributed by atoms with Crippen molar-refractivity contribution in [2.45, 2.75) is 52.6 Å². The van der Waals surface area contributed by atoms with E-state index in [1.165, 1.54) is 0 Å². The number of carbonyl (C=O) groups excluding carboxylic acids is 2. The smallest absolute Gasteiger partial charge is 0.326 e. The van der Waals surface area contributed by atoms with E-state index in [0.717, 1.165) is 0 Å². The molecule has 0 saturated carbocycles. The Hall–Kier alpha value is -1.79. The van der Waals surface area contributed by atoms with Crippen LogP contribution in [-0.2, 0) is 9.59 Å². The third kappa shape index (κ3) is 6.40. The number of urea groups is 1. The first-order valence-corrected chi connectivity index (χ1v) is 6.78. The predicted molar refractivity (Wildman–Crippen MR) is 75.0 cm³/mol. The number of hydrogen-bond donors (Lipinski definition) is 4. The van der Waals surface area contributed by atoms with Crippen LogP contribution in [0.2, 0.25) is 0 Å². The molecule has 0 radical (unpaired) electrons. The van der Waals surface area contributed by atoms with Gasteiger partial charge in [0, 0.05) is 0 Å². The van der Waals surface area contributed by atoms with Crippen LogP contribution in [0.1, 0.15) is 40.5 Å². The van der Waals surface area contributed by atoms with Crippen molar-refractivity contribution in [2.24, 2.45) is 17.6 Å². The highest BCUT2D eigenvalue weighted by molar-refractivity contribution is 5.89. The van der Waals surface area contributed by atoms with Crippen LogP contribution in [0, 0.1) is 11.8 Å². The summed E-state index contributed by atoms with van der Waals surface area (Å²) >= 11 is 0. The second-order valence-corrected chi connectivity index (χ2v) is 5.40. The minimum absolute atomic E-state index is 0.127. The average Bonchev–Trinajstić information content (AvgIpc) is 2.33. The number of aliphatic carboxylic acids is 1. The summed E-state index contributed by atoms with van der Waals surface area (Å²) in [5.41, 5.74) is 5.05. The largest absolute Gasteiger partial charge is 0.480 e. The quantitative estimate of drug-likeness (QED) is 0.524. The van der Waals surface area contributed by atoms with E-state index in [0.29, 0.717) is 12.8 Å². The molecule has 0 spiro atoms. The van der Waals surface area contributed by atoms with Gasteiger partial charge >= 0.3 is 12.0 Å². The van der Waals surface area contributed by atoms with Crippen LogP contribution in [-0.4, -0.2) is 35.1 Å². The number of carbonyl (C=O) groups is 3. The second-order valence-electron chi connectivity index (χ2n) is 5.40. The summed E-state index contributed by atoms with van der Waals surface area (Å²) in [7, 11) is 0. The fourth-order valence-electron chi connectivity index (χ4n) is 1.81. The van der Waals surface area contributed by atoms with E-state index < -0.39 is 30.0 Å². The molecule has 0 fully saturated rings. The number of nitrogens with one attached hydrogen (secondary N) is 2. The van der Waals surface area contributed by atoms with Crippen molar-refractivity contribution in [2.75, 3.05) is 0 Å². The molecule has 0 heterocycles. The van der Waals surface area contributed by atoms with E-state index in [1.807, 2.05) is 20.8 Å². The topological polar surface area (TPSA) is 122 Å². The van der Waals surface area contributed by atoms with E-state index in [9.17, 15) is 14.4 Å². The molecule has 2 unspecified atom stereocenters. The van der Waals surface area contributed by atoms with Crippen LogP contribution in [0.15, 0.2) is 0 Å². The van der Waals surface area contributed by atoms with Gasteiger partial charge in [-0.25, -0.2) is 9.59 Å². The van der Waals surface area contributed by atoms with Crippen LogP contribution < -0.4 is 16.4 Å². The summed E-state index contributed by atoms with van der Waals surface area (Å²) in [4.78, 5) is 34.2. The maximum absolute atomic E-state index is 12.1. The minimum atomic E-state index is -1.09. The molecule has 116 valence electrons. The Morgan fingerprint density at radius 2 is 1.70 bits per heavy atom. The molecule has 0 aliphatic carbocycles. The average molecular weight is 287 g/mol. The number of rotatable bonds is 8. The van der Waals surface area contributed by atoms with Gasteiger partial charge in [0.05, 0.1) is 0 Å². The highest BCUT2D eigenvalue weighted by Gasteiger charge is 2.29. The molecule has 0 aliphatic heterocycles. The van der Waals surface area contributed by atoms with Gasteiger partial charge in [0.1, 0.15) is 12.1 Å². The molecule has 0 aromatic rings. The molecule has 5 N–H and O–H groups in total. The molecule has 0 saturated heterocycles. The molecular formula is C13H25N3O4. The van der Waals surface area contributed by atoms with Crippen molar-refractivity contribution in [1.29, 1.82) is 0 Å². The van der Waals surface area contributed by atoms with Crippen molar-refractivity contribution >= 4 is 17.9 Å². The number of primary amides is 1. The van der Waals surface area contributed by atoms with Crippen molar-refractivity contribution in [1.82, 2.24) is 10.6 Å². The summed E-state index contributed by atoms with van der Waals surface area (Å²) in [6.45, 7) is 7.40. The Morgan fingerprint density at radius 3 is 2.05 bits per heavy atom. The molecule has 7 nitrogen and oxygen atoms in total. The molecule has 20 heavy (non-hydrogen) atoms. The van der Waals surface area contributed by atoms with Gasteiger partial charge < -0.3 is 21.5 Å². The Morgan fingerprint density at radius 1 is 1.15 bits per heavy atom. The summed E-state index contributed by atoms with van der Waals surface area (Å²) in [5, 5.41) is 13.9. The van der Waals surface area contributed by atoms with Gasteiger partial charge in [-0.05, 0) is 18.3 Å². The molecule has 0 rings (SSSR count). The van der Waals surface area contributed by atoms with Crippen molar-refractivity contribution in [3.63, 3.8) is 0 Å². The molecule has 0 aromatic heterocycles. The van der Waals surface area contributed by atoms with Gasteiger partial charge in [-0.3, -0.25) is 4.79 Å². The molecule has 0 aliphatic rings. The fourth-order valence-corrected chi connectivity index (χ4v) is 1.81. The standard InChI is InChI=1S/C13H25N3O4/c1-5-8(4)10(16-13(14)20)11(17)15-9(12(18)19)6-7(2)3/h7-10H,5-6H2,1-4H3,(H,15,17)(H,18,19)(H3,14,16,20)/t8?,9-,10?/m0/s1. The van der Waals surface area contributed by atoms with Gasteiger partial charge in [0.15, 0.2) is 0 Å². The minimum Gasteiger partial charge on any atom is -0.480 e. The van der Waals surface area contributed by atoms with Crippen LogP contribution in [0.25, 0.3) is 0 Å². The number of hydrogen-bond acceptors (Lipinski definition) is 3. The number of amides is 3. The lowest BCUT2D eigenvalue weighted by Gasteiger charge is -2.25. The van der Waals surface area contributed by atoms with E-state index in [2.05, 4.69) is 10.6 Å². The fraction of sp³-hybridized carbons (Fsp3) is 0.769. The Kier molecular flexibility index (Phi) is 7.64. The molecule has 3 atom stereocenters. The molecule has 7 heteroatoms. The van der Waals surface area contributed by atoms with Crippen LogP contribution in [0.4, 0.5) is 4.79 Å². The van der Waals surface area contributed by atoms with Gasteiger partial charge in [-0.2, -0.15) is 0 Å². The molecule has 3 amide bonds. The summed E-state index contributed by atoms with van der Waals surface area (Å²) in [6, 6.07) is -2.60. The second kappa shape index (κ2) is 8.39. The maximum atomic E-state index is 12.1. The molecule has 0 bridgehead atoms. The first kappa shape index (κ1) is 18.2. The third-order valence-electron chi connectivity index (χ3n) is 3.11. The zero-order valence-electron chi connectivity index (χ0n) is 12.5. The first-order chi connectivity index (χ1) is 9.18. The monoisotopic (exact) mass is 287 g/mol. The number of carboxylic acids is 1. The number of carboxylic acid groups (broad SMARTS) is 1. The zero-order valence-corrected chi connectivity index (χ0v) is 12.5. The van der Waals surface area contributed by atoms with Crippen LogP contribution in [0.3, 0.4) is 0 Å². The van der Waals surface area contributed by atoms with Crippen LogP contribution >= 0.6 is 0 Å². The van der Waals surface area contributed by atoms with Crippen LogP contribution in [0.5, 0.6) is 0 Å². The highest BCUT2D eigenvalue weighted by Crippen LogP contribution is 2.10. The van der Waals surface area contributed by atoms with E-state index >= 15 is 0 Å². The van der Waals surface area contributed by atoms with E-state index in [-0.39, 0.29) is 11.8 Å². The van der Waals surface area contributed by atoms with Crippen molar-refractivity contribution < 1.29 is 19.5 Å². The van der Waals surface area contributed by atoms with E-state index in [4.69, 9.17) is 10.8 Å². The van der Waals surface area contributed by atoms with Gasteiger partial charge in [-0.15, -0.1) is 0 Å². The lowest BCUT2D eigenvalue weighted by molar-refractivity contribution is -0.142. The normalized spacial score (nSPS) is 15.2. The van der Waals surface area contributed by atoms with Gasteiger partial charge in [0.2, 0.25) is 5.91 Å². The Balaban J connectivity index is 4.86. The highest BCUT2D eigenvalue weighted by atomic mass is 16.4. The Labute approximate surface area is 119 Å². The lowest BCUT2D eigenvalue weighted by atomic mass is 9.97. The van der Waals surface area contributed by atoms with Gasteiger partial charge in [-0.1, -0.05) is 34.1 Å². The summed E-state index contributed by atoms with van der Waals surface area (Å²) < 4.78 is 0. The SMILES string of the molecule is CCC(C)C(NC(N)=O)C(=O)N[C@@H](CC(C)C)C(=O)O. The lowest BCUT2D eigenvalue weighted by Crippen LogP contribution is -2.55. The summed E-state index contributed by atoms with van der Waals surface area (Å²) in [6.07, 6.45) is 0.977. The Bertz CT molecular complexity index is 358. The summed E-state index contributed by atoms with van der Waals surface area (Å²) in [5.74, 6) is -1.63. The zero-order chi connectivity index (χ0) is 15.9. The molecular weight excluding hydrogens is 262 g/mol. The van der Waals surface area contributed by atoms with E-state index in [1.54, 1.807) is 6.92 Å². The van der Waals surface area contributed by atoms with Crippen molar-refractivity contribution in [3.05, 3.63) is 0 Å². The first-order valence-electron chi connectivity index (χ1n) is 6.78. The van der Waals surface area contributed by atoms with Crippen molar-refractivity contribution in [3.8, 4) is 0 Å². The predicted octanol–water partition coefficient (Wildman–Crippen LogP) is 0.685. The maximum Gasteiger partial charge on any atom is 0.326 e.